The van der Waals surface area contributed by atoms with Gasteiger partial charge in [-0.15, -0.1) is 0 Å². The molecule has 0 saturated heterocycles. The molecule has 2 amide bonds. The van der Waals surface area contributed by atoms with Crippen LogP contribution in [-0.2, 0) is 32.6 Å². The van der Waals surface area contributed by atoms with Gasteiger partial charge in [0.1, 0.15) is 18.3 Å². The van der Waals surface area contributed by atoms with Gasteiger partial charge in [0.05, 0.1) is 19.1 Å². The molecule has 0 unspecified atom stereocenters. The fourth-order valence-corrected chi connectivity index (χ4v) is 5.44. The second kappa shape index (κ2) is 14.2. The maximum Gasteiger partial charge on any atom is 0.244 e. The van der Waals surface area contributed by atoms with Crippen LogP contribution < -0.4 is 14.4 Å². The van der Waals surface area contributed by atoms with E-state index in [0.717, 1.165) is 39.2 Å². The third-order valence-electron chi connectivity index (χ3n) is 6.99. The minimum atomic E-state index is -3.90. The number of methoxy groups -OCH3 is 1. The summed E-state index contributed by atoms with van der Waals surface area (Å²) in [5.41, 5.74) is 3.82. The van der Waals surface area contributed by atoms with Crippen LogP contribution in [0.2, 0.25) is 0 Å². The van der Waals surface area contributed by atoms with Gasteiger partial charge < -0.3 is 15.0 Å². The number of nitrogens with zero attached hydrogens (tertiary/aromatic N) is 2. The van der Waals surface area contributed by atoms with E-state index in [1.807, 2.05) is 88.4 Å². The predicted molar refractivity (Wildman–Crippen MR) is 163 cm³/mol. The molecule has 220 valence electrons. The van der Waals surface area contributed by atoms with E-state index in [2.05, 4.69) is 5.32 Å². The van der Waals surface area contributed by atoms with Crippen molar-refractivity contribution in [3.63, 3.8) is 0 Å². The van der Waals surface area contributed by atoms with Crippen LogP contribution in [0.25, 0.3) is 0 Å². The minimum Gasteiger partial charge on any atom is -0.495 e. The Balaban J connectivity index is 2.10. The van der Waals surface area contributed by atoms with E-state index >= 15 is 0 Å². The summed E-state index contributed by atoms with van der Waals surface area (Å²) in [7, 11) is -2.44. The number of anilines is 1. The summed E-state index contributed by atoms with van der Waals surface area (Å²) in [5, 5.41) is 3.04. The van der Waals surface area contributed by atoms with E-state index in [4.69, 9.17) is 4.74 Å². The zero-order valence-electron chi connectivity index (χ0n) is 24.8. The zero-order valence-corrected chi connectivity index (χ0v) is 25.6. The van der Waals surface area contributed by atoms with Gasteiger partial charge in [-0.2, -0.15) is 0 Å². The number of hydrogen-bond donors (Lipinski definition) is 1. The van der Waals surface area contributed by atoms with Crippen molar-refractivity contribution in [2.24, 2.45) is 0 Å². The smallest absolute Gasteiger partial charge is 0.244 e. The Morgan fingerprint density at radius 3 is 2.20 bits per heavy atom. The summed E-state index contributed by atoms with van der Waals surface area (Å²) in [6.07, 6.45) is 2.06. The highest BCUT2D eigenvalue weighted by Crippen LogP contribution is 2.31. The molecule has 0 fully saturated rings. The number of carbonyl (C=O) groups excluding carboxylic acids is 2. The van der Waals surface area contributed by atoms with Crippen LogP contribution in [0, 0.1) is 13.8 Å². The Morgan fingerprint density at radius 2 is 1.59 bits per heavy atom. The summed E-state index contributed by atoms with van der Waals surface area (Å²) >= 11 is 0. The quantitative estimate of drug-likeness (QED) is 0.319. The summed E-state index contributed by atoms with van der Waals surface area (Å²) in [4.78, 5) is 29.5. The molecule has 0 radical (unpaired) electrons. The average Bonchev–Trinajstić information content (AvgIpc) is 2.93. The van der Waals surface area contributed by atoms with Gasteiger partial charge >= 0.3 is 0 Å². The number of sulfonamides is 1. The van der Waals surface area contributed by atoms with Crippen molar-refractivity contribution < 1.29 is 22.7 Å². The van der Waals surface area contributed by atoms with E-state index in [9.17, 15) is 18.0 Å². The van der Waals surface area contributed by atoms with E-state index in [1.54, 1.807) is 12.1 Å². The number of amides is 2. The van der Waals surface area contributed by atoms with Crippen molar-refractivity contribution >= 4 is 27.5 Å². The van der Waals surface area contributed by atoms with Crippen LogP contribution in [0.15, 0.2) is 72.8 Å². The van der Waals surface area contributed by atoms with Crippen LogP contribution in [0.3, 0.4) is 0 Å². The Hall–Kier alpha value is -3.85. The first kappa shape index (κ1) is 31.7. The summed E-state index contributed by atoms with van der Waals surface area (Å²) in [6, 6.07) is 21.4. The second-order valence-electron chi connectivity index (χ2n) is 10.5. The third kappa shape index (κ3) is 8.82. The number of rotatable bonds is 13. The van der Waals surface area contributed by atoms with Crippen molar-refractivity contribution in [3.05, 3.63) is 95.1 Å². The van der Waals surface area contributed by atoms with Gasteiger partial charge in [-0.25, -0.2) is 8.42 Å². The molecule has 0 saturated carbocycles. The molecule has 3 aromatic carbocycles. The van der Waals surface area contributed by atoms with Crippen molar-refractivity contribution in [3.8, 4) is 5.75 Å². The molecule has 0 heterocycles. The van der Waals surface area contributed by atoms with Crippen LogP contribution in [0.5, 0.6) is 5.75 Å². The summed E-state index contributed by atoms with van der Waals surface area (Å²) in [6.45, 7) is 7.33. The second-order valence-corrected chi connectivity index (χ2v) is 12.4. The molecule has 0 aliphatic heterocycles. The SMILES string of the molecule is CC[C@H](C)NC(=O)[C@H](Cc1ccccc1)N(Cc1cccc(C)c1)C(=O)CN(c1cc(C)ccc1OC)S(C)(=O)=O. The van der Waals surface area contributed by atoms with Crippen molar-refractivity contribution in [2.75, 3.05) is 24.2 Å². The van der Waals surface area contributed by atoms with Gasteiger partial charge in [-0.3, -0.25) is 13.9 Å². The molecule has 2 atom stereocenters. The van der Waals surface area contributed by atoms with Gasteiger partial charge in [0, 0.05) is 19.0 Å². The molecule has 41 heavy (non-hydrogen) atoms. The van der Waals surface area contributed by atoms with E-state index in [1.165, 1.54) is 12.0 Å². The maximum atomic E-state index is 14.2. The Kier molecular flexibility index (Phi) is 10.9. The standard InChI is InChI=1S/C32H41N3O5S/c1-7-25(4)33-32(37)29(20-26-13-9-8-10-14-26)34(21-27-15-11-12-23(2)18-27)31(36)22-35(41(6,38)39)28-19-24(3)16-17-30(28)40-5/h8-19,25,29H,7,20-22H2,1-6H3,(H,33,37)/t25-,29-/m0/s1. The van der Waals surface area contributed by atoms with E-state index in [0.29, 0.717) is 5.75 Å². The van der Waals surface area contributed by atoms with Crippen LogP contribution in [0.4, 0.5) is 5.69 Å². The van der Waals surface area contributed by atoms with Gasteiger partial charge in [0.2, 0.25) is 21.8 Å². The largest absolute Gasteiger partial charge is 0.495 e. The number of aryl methyl sites for hydroxylation is 2. The number of nitrogens with one attached hydrogen (secondary N) is 1. The first-order chi connectivity index (χ1) is 19.4. The number of hydrogen-bond acceptors (Lipinski definition) is 5. The molecule has 0 aromatic heterocycles. The van der Waals surface area contributed by atoms with Gasteiger partial charge in [0.15, 0.2) is 0 Å². The predicted octanol–water partition coefficient (Wildman–Crippen LogP) is 4.63. The average molecular weight is 580 g/mol. The fourth-order valence-electron chi connectivity index (χ4n) is 4.59. The van der Waals surface area contributed by atoms with Crippen molar-refractivity contribution in [1.29, 1.82) is 0 Å². The fraction of sp³-hybridized carbons (Fsp3) is 0.375. The van der Waals surface area contributed by atoms with E-state index < -0.39 is 28.5 Å². The zero-order chi connectivity index (χ0) is 30.2. The molecule has 1 N–H and O–H groups in total. The highest BCUT2D eigenvalue weighted by atomic mass is 32.2. The lowest BCUT2D eigenvalue weighted by Crippen LogP contribution is -2.54. The lowest BCUT2D eigenvalue weighted by atomic mass is 10.0. The normalized spacial score (nSPS) is 12.7. The molecule has 8 nitrogen and oxygen atoms in total. The van der Waals surface area contributed by atoms with Crippen molar-refractivity contribution in [1.82, 2.24) is 10.2 Å². The highest BCUT2D eigenvalue weighted by Gasteiger charge is 2.34. The van der Waals surface area contributed by atoms with Gasteiger partial charge in [0.25, 0.3) is 0 Å². The Labute approximate surface area is 244 Å². The molecular weight excluding hydrogens is 538 g/mol. The van der Waals surface area contributed by atoms with Crippen LogP contribution in [0.1, 0.15) is 42.5 Å². The minimum absolute atomic E-state index is 0.0965. The summed E-state index contributed by atoms with van der Waals surface area (Å²) in [5.74, 6) is -0.460. The molecule has 0 aliphatic rings. The highest BCUT2D eigenvalue weighted by molar-refractivity contribution is 7.92. The summed E-state index contributed by atoms with van der Waals surface area (Å²) < 4.78 is 32.6. The Bertz CT molecular complexity index is 1440. The Morgan fingerprint density at radius 1 is 0.927 bits per heavy atom. The molecule has 3 rings (SSSR count). The van der Waals surface area contributed by atoms with E-state index in [-0.39, 0.29) is 30.6 Å². The van der Waals surface area contributed by atoms with Gasteiger partial charge in [-0.05, 0) is 56.0 Å². The maximum absolute atomic E-state index is 14.2. The number of benzene rings is 3. The first-order valence-corrected chi connectivity index (χ1v) is 15.6. The van der Waals surface area contributed by atoms with Crippen LogP contribution >= 0.6 is 0 Å². The lowest BCUT2D eigenvalue weighted by molar-refractivity contribution is -0.140. The molecule has 0 bridgehead atoms. The molecule has 3 aromatic rings. The third-order valence-corrected chi connectivity index (χ3v) is 8.12. The van der Waals surface area contributed by atoms with Crippen molar-refractivity contribution in [2.45, 2.75) is 59.2 Å². The molecular formula is C32H41N3O5S. The lowest BCUT2D eigenvalue weighted by Gasteiger charge is -2.34. The molecule has 0 aliphatic carbocycles. The van der Waals surface area contributed by atoms with Crippen LogP contribution in [-0.4, -0.2) is 57.1 Å². The van der Waals surface area contributed by atoms with Gasteiger partial charge in [-0.1, -0.05) is 73.2 Å². The first-order valence-electron chi connectivity index (χ1n) is 13.7. The molecule has 0 spiro atoms. The number of carbonyl (C=O) groups is 2. The molecule has 9 heteroatoms. The topological polar surface area (TPSA) is 96.0 Å². The number of ether oxygens (including phenoxy) is 1. The monoisotopic (exact) mass is 579 g/mol.